The summed E-state index contributed by atoms with van der Waals surface area (Å²) in [6, 6.07) is 0. The van der Waals surface area contributed by atoms with Crippen LogP contribution in [0, 0.1) is 0 Å². The second-order valence-electron chi connectivity index (χ2n) is 5.46. The zero-order valence-electron chi connectivity index (χ0n) is 11.5. The molecule has 0 atom stereocenters. The summed E-state index contributed by atoms with van der Waals surface area (Å²) >= 11 is 0. The Labute approximate surface area is 104 Å². The van der Waals surface area contributed by atoms with Gasteiger partial charge < -0.3 is 5.11 Å². The Morgan fingerprint density at radius 3 is 1.47 bits per heavy atom. The molecule has 0 aromatic rings. The molecule has 1 N–H and O–H groups in total. The summed E-state index contributed by atoms with van der Waals surface area (Å²) in [6.07, 6.45) is 6.20. The Balaban J connectivity index is 2.41. The SMILES string of the molecule is CC1=CCC(C(C)(O)C2=C(C)C(C)=CC2)=C1C. The van der Waals surface area contributed by atoms with Crippen LogP contribution >= 0.6 is 0 Å². The molecule has 0 saturated heterocycles. The Bertz CT molecular complexity index is 438. The molecule has 17 heavy (non-hydrogen) atoms. The fourth-order valence-corrected chi connectivity index (χ4v) is 2.91. The van der Waals surface area contributed by atoms with E-state index in [1.54, 1.807) is 0 Å². The van der Waals surface area contributed by atoms with E-state index in [0.717, 1.165) is 12.8 Å². The third kappa shape index (κ3) is 1.83. The number of hydrogen-bond donors (Lipinski definition) is 1. The van der Waals surface area contributed by atoms with E-state index in [1.807, 2.05) is 6.92 Å². The van der Waals surface area contributed by atoms with Crippen molar-refractivity contribution in [2.24, 2.45) is 0 Å². The molecule has 0 aliphatic heterocycles. The van der Waals surface area contributed by atoms with Crippen LogP contribution in [0.2, 0.25) is 0 Å². The van der Waals surface area contributed by atoms with Crippen LogP contribution in [-0.2, 0) is 0 Å². The normalized spacial score (nSPS) is 21.3. The average Bonchev–Trinajstić information content (AvgIpc) is 2.75. The summed E-state index contributed by atoms with van der Waals surface area (Å²) in [7, 11) is 0. The van der Waals surface area contributed by atoms with Crippen molar-refractivity contribution in [1.82, 2.24) is 0 Å². The van der Waals surface area contributed by atoms with Crippen molar-refractivity contribution in [3.05, 3.63) is 45.6 Å². The van der Waals surface area contributed by atoms with Crippen LogP contribution in [0.4, 0.5) is 0 Å². The smallest absolute Gasteiger partial charge is 0.106 e. The number of allylic oxidation sites excluding steroid dienone is 6. The Hall–Kier alpha value is -1.08. The minimum atomic E-state index is -0.781. The van der Waals surface area contributed by atoms with Crippen molar-refractivity contribution in [1.29, 1.82) is 0 Å². The fraction of sp³-hybridized carbons (Fsp3) is 0.500. The van der Waals surface area contributed by atoms with Crippen LogP contribution in [0.15, 0.2) is 45.6 Å². The van der Waals surface area contributed by atoms with E-state index in [1.165, 1.54) is 33.4 Å². The third-order valence-corrected chi connectivity index (χ3v) is 4.49. The highest BCUT2D eigenvalue weighted by Gasteiger charge is 2.35. The molecule has 0 radical (unpaired) electrons. The van der Waals surface area contributed by atoms with E-state index in [-0.39, 0.29) is 0 Å². The van der Waals surface area contributed by atoms with Crippen LogP contribution in [0.3, 0.4) is 0 Å². The highest BCUT2D eigenvalue weighted by Crippen LogP contribution is 2.42. The van der Waals surface area contributed by atoms with Gasteiger partial charge in [0.15, 0.2) is 0 Å². The summed E-state index contributed by atoms with van der Waals surface area (Å²) < 4.78 is 0. The number of rotatable bonds is 2. The molecule has 0 bridgehead atoms. The lowest BCUT2D eigenvalue weighted by Gasteiger charge is -2.29. The summed E-state index contributed by atoms with van der Waals surface area (Å²) in [5.74, 6) is 0. The molecule has 1 heteroatoms. The Morgan fingerprint density at radius 1 is 0.882 bits per heavy atom. The fourth-order valence-electron chi connectivity index (χ4n) is 2.91. The van der Waals surface area contributed by atoms with Gasteiger partial charge in [0.1, 0.15) is 5.60 Å². The van der Waals surface area contributed by atoms with Gasteiger partial charge >= 0.3 is 0 Å². The molecule has 0 unspecified atom stereocenters. The zero-order valence-corrected chi connectivity index (χ0v) is 11.5. The lowest BCUT2D eigenvalue weighted by atomic mass is 9.82. The maximum Gasteiger partial charge on any atom is 0.106 e. The predicted molar refractivity (Wildman–Crippen MR) is 72.8 cm³/mol. The van der Waals surface area contributed by atoms with Crippen molar-refractivity contribution in [2.45, 2.75) is 53.1 Å². The standard InChI is InChI=1S/C16H22O/c1-10-6-8-14(12(10)3)16(5,17)15-9-7-11(2)13(15)4/h6-7,17H,8-9H2,1-5H3. The van der Waals surface area contributed by atoms with Gasteiger partial charge in [-0.15, -0.1) is 0 Å². The van der Waals surface area contributed by atoms with Gasteiger partial charge in [-0.05, 0) is 69.8 Å². The first-order chi connectivity index (χ1) is 7.85. The van der Waals surface area contributed by atoms with Crippen LogP contribution < -0.4 is 0 Å². The van der Waals surface area contributed by atoms with Gasteiger partial charge in [-0.2, -0.15) is 0 Å². The second-order valence-corrected chi connectivity index (χ2v) is 5.46. The van der Waals surface area contributed by atoms with Crippen molar-refractivity contribution >= 4 is 0 Å². The third-order valence-electron chi connectivity index (χ3n) is 4.49. The van der Waals surface area contributed by atoms with Crippen molar-refractivity contribution in [3.63, 3.8) is 0 Å². The maximum absolute atomic E-state index is 10.9. The van der Waals surface area contributed by atoms with Crippen LogP contribution in [0.5, 0.6) is 0 Å². The molecule has 2 rings (SSSR count). The van der Waals surface area contributed by atoms with Gasteiger partial charge in [-0.1, -0.05) is 23.3 Å². The minimum Gasteiger partial charge on any atom is -0.381 e. The van der Waals surface area contributed by atoms with E-state index < -0.39 is 5.60 Å². The first-order valence-corrected chi connectivity index (χ1v) is 6.32. The quantitative estimate of drug-likeness (QED) is 0.758. The zero-order chi connectivity index (χ0) is 12.8. The largest absolute Gasteiger partial charge is 0.381 e. The molecule has 0 heterocycles. The maximum atomic E-state index is 10.9. The van der Waals surface area contributed by atoms with E-state index in [0.29, 0.717) is 0 Å². The Morgan fingerprint density at radius 2 is 1.24 bits per heavy atom. The second kappa shape index (κ2) is 3.99. The van der Waals surface area contributed by atoms with E-state index >= 15 is 0 Å². The van der Waals surface area contributed by atoms with Crippen LogP contribution in [0.25, 0.3) is 0 Å². The van der Waals surface area contributed by atoms with E-state index in [2.05, 4.69) is 39.8 Å². The molecule has 0 aromatic heterocycles. The van der Waals surface area contributed by atoms with Gasteiger partial charge in [-0.3, -0.25) is 0 Å². The molecule has 92 valence electrons. The summed E-state index contributed by atoms with van der Waals surface area (Å²) in [4.78, 5) is 0. The highest BCUT2D eigenvalue weighted by molar-refractivity contribution is 5.53. The van der Waals surface area contributed by atoms with E-state index in [4.69, 9.17) is 0 Å². The Kier molecular flexibility index (Phi) is 2.90. The van der Waals surface area contributed by atoms with Gasteiger partial charge in [-0.25, -0.2) is 0 Å². The lowest BCUT2D eigenvalue weighted by molar-refractivity contribution is 0.132. The molecule has 0 fully saturated rings. The molecule has 0 amide bonds. The van der Waals surface area contributed by atoms with Crippen LogP contribution in [-0.4, -0.2) is 10.7 Å². The molecular formula is C16H22O. The molecular weight excluding hydrogens is 208 g/mol. The lowest BCUT2D eigenvalue weighted by Crippen LogP contribution is -2.30. The van der Waals surface area contributed by atoms with Gasteiger partial charge in [0.2, 0.25) is 0 Å². The van der Waals surface area contributed by atoms with Crippen molar-refractivity contribution < 1.29 is 5.11 Å². The summed E-state index contributed by atoms with van der Waals surface area (Å²) in [5.41, 5.74) is 6.71. The first kappa shape index (κ1) is 12.4. The topological polar surface area (TPSA) is 20.2 Å². The summed E-state index contributed by atoms with van der Waals surface area (Å²) in [6.45, 7) is 10.4. The van der Waals surface area contributed by atoms with Crippen molar-refractivity contribution in [3.8, 4) is 0 Å². The molecule has 0 saturated carbocycles. The summed E-state index contributed by atoms with van der Waals surface area (Å²) in [5, 5.41) is 10.9. The monoisotopic (exact) mass is 230 g/mol. The molecule has 0 aromatic carbocycles. The predicted octanol–water partition coefficient (Wildman–Crippen LogP) is 4.07. The van der Waals surface area contributed by atoms with Gasteiger partial charge in [0.05, 0.1) is 0 Å². The van der Waals surface area contributed by atoms with Gasteiger partial charge in [0, 0.05) is 0 Å². The molecule has 2 aliphatic carbocycles. The average molecular weight is 230 g/mol. The first-order valence-electron chi connectivity index (χ1n) is 6.32. The minimum absolute atomic E-state index is 0.781. The van der Waals surface area contributed by atoms with Crippen molar-refractivity contribution in [2.75, 3.05) is 0 Å². The molecule has 1 nitrogen and oxygen atoms in total. The number of hydrogen-bond acceptors (Lipinski definition) is 1. The van der Waals surface area contributed by atoms with E-state index in [9.17, 15) is 5.11 Å². The highest BCUT2D eigenvalue weighted by atomic mass is 16.3. The van der Waals surface area contributed by atoms with Gasteiger partial charge in [0.25, 0.3) is 0 Å². The number of aliphatic hydroxyl groups is 1. The van der Waals surface area contributed by atoms with Crippen LogP contribution in [0.1, 0.15) is 47.5 Å². The molecule has 2 aliphatic rings. The molecule has 0 spiro atoms.